The highest BCUT2D eigenvalue weighted by molar-refractivity contribution is 5.10. The van der Waals surface area contributed by atoms with Gasteiger partial charge in [0.05, 0.1) is 6.10 Å². The molecule has 68 valence electrons. The molecule has 1 rings (SSSR count). The fourth-order valence-corrected chi connectivity index (χ4v) is 1.41. The Morgan fingerprint density at radius 2 is 2.33 bits per heavy atom. The summed E-state index contributed by atoms with van der Waals surface area (Å²) in [5.74, 6) is 0.743. The Morgan fingerprint density at radius 3 is 2.92 bits per heavy atom. The Balaban J connectivity index is 2.15. The maximum Gasteiger partial charge on any atom is 0.0543 e. The predicted molar refractivity (Wildman–Crippen MR) is 52.1 cm³/mol. The average Bonchev–Trinajstić information content (AvgIpc) is 2.16. The van der Waals surface area contributed by atoms with Gasteiger partial charge in [0.2, 0.25) is 0 Å². The second-order valence-corrected chi connectivity index (χ2v) is 3.43. The fourth-order valence-electron chi connectivity index (χ4n) is 1.41. The smallest absolute Gasteiger partial charge is 0.0543 e. The topological polar surface area (TPSA) is 9.23 Å². The molecular formula is C11H18O. The lowest BCUT2D eigenvalue weighted by atomic mass is 9.95. The van der Waals surface area contributed by atoms with Crippen molar-refractivity contribution < 1.29 is 4.74 Å². The summed E-state index contributed by atoms with van der Waals surface area (Å²) in [4.78, 5) is 0. The van der Waals surface area contributed by atoms with Crippen molar-refractivity contribution in [1.29, 1.82) is 0 Å². The summed E-state index contributed by atoms with van der Waals surface area (Å²) in [5, 5.41) is 0. The molecule has 2 atom stereocenters. The van der Waals surface area contributed by atoms with E-state index in [0.717, 1.165) is 5.92 Å². The lowest BCUT2D eigenvalue weighted by Gasteiger charge is -2.15. The maximum atomic E-state index is 5.20. The quantitative estimate of drug-likeness (QED) is 0.624. The van der Waals surface area contributed by atoms with Crippen LogP contribution in [0.5, 0.6) is 0 Å². The molecule has 1 heteroatoms. The molecule has 1 nitrogen and oxygen atoms in total. The van der Waals surface area contributed by atoms with Crippen LogP contribution in [0.2, 0.25) is 0 Å². The standard InChI is InChI=1S/C11H18O/c1-10(12-2)8-9-11-6-4-3-5-7-11/h3-6,10-11H,7-9H2,1-2H3. The van der Waals surface area contributed by atoms with E-state index in [0.29, 0.717) is 6.10 Å². The first-order valence-electron chi connectivity index (χ1n) is 4.69. The minimum atomic E-state index is 0.407. The van der Waals surface area contributed by atoms with Crippen LogP contribution in [-0.4, -0.2) is 13.2 Å². The Bertz CT molecular complexity index is 170. The van der Waals surface area contributed by atoms with Crippen LogP contribution in [0.4, 0.5) is 0 Å². The summed E-state index contributed by atoms with van der Waals surface area (Å²) < 4.78 is 5.20. The van der Waals surface area contributed by atoms with E-state index in [2.05, 4.69) is 31.2 Å². The third-order valence-corrected chi connectivity index (χ3v) is 2.42. The molecule has 0 aliphatic heterocycles. The first kappa shape index (κ1) is 9.53. The van der Waals surface area contributed by atoms with Crippen LogP contribution in [0.3, 0.4) is 0 Å². The lowest BCUT2D eigenvalue weighted by molar-refractivity contribution is 0.106. The van der Waals surface area contributed by atoms with Crippen molar-refractivity contribution in [2.24, 2.45) is 5.92 Å². The molecule has 1 aliphatic rings. The largest absolute Gasteiger partial charge is 0.382 e. The molecule has 0 saturated heterocycles. The normalized spacial score (nSPS) is 24.3. The van der Waals surface area contributed by atoms with Gasteiger partial charge in [-0.1, -0.05) is 24.3 Å². The monoisotopic (exact) mass is 166 g/mol. The SMILES string of the molecule is COC(C)CCC1C=CC=CC1. The van der Waals surface area contributed by atoms with Gasteiger partial charge >= 0.3 is 0 Å². The van der Waals surface area contributed by atoms with E-state index in [1.54, 1.807) is 7.11 Å². The fraction of sp³-hybridized carbons (Fsp3) is 0.636. The number of allylic oxidation sites excluding steroid dienone is 4. The molecule has 0 aromatic carbocycles. The summed E-state index contributed by atoms with van der Waals surface area (Å²) in [5.41, 5.74) is 0. The van der Waals surface area contributed by atoms with Crippen molar-refractivity contribution in [3.63, 3.8) is 0 Å². The van der Waals surface area contributed by atoms with Crippen molar-refractivity contribution in [3.8, 4) is 0 Å². The van der Waals surface area contributed by atoms with Gasteiger partial charge in [-0.05, 0) is 32.1 Å². The highest BCUT2D eigenvalue weighted by Crippen LogP contribution is 2.18. The first-order valence-corrected chi connectivity index (χ1v) is 4.69. The third-order valence-electron chi connectivity index (χ3n) is 2.42. The zero-order chi connectivity index (χ0) is 8.81. The van der Waals surface area contributed by atoms with Crippen molar-refractivity contribution in [1.82, 2.24) is 0 Å². The van der Waals surface area contributed by atoms with E-state index in [4.69, 9.17) is 4.74 Å². The molecule has 2 unspecified atom stereocenters. The number of methoxy groups -OCH3 is 1. The number of hydrogen-bond donors (Lipinski definition) is 0. The number of hydrogen-bond acceptors (Lipinski definition) is 1. The molecule has 1 aliphatic carbocycles. The molecule has 0 bridgehead atoms. The summed E-state index contributed by atoms with van der Waals surface area (Å²) in [6.45, 7) is 2.13. The van der Waals surface area contributed by atoms with Gasteiger partial charge in [0, 0.05) is 7.11 Å². The van der Waals surface area contributed by atoms with Crippen molar-refractivity contribution >= 4 is 0 Å². The Hall–Kier alpha value is -0.560. The van der Waals surface area contributed by atoms with E-state index in [1.165, 1.54) is 19.3 Å². The minimum Gasteiger partial charge on any atom is -0.382 e. The van der Waals surface area contributed by atoms with Gasteiger partial charge in [-0.2, -0.15) is 0 Å². The molecule has 0 fully saturated rings. The van der Waals surface area contributed by atoms with Gasteiger partial charge in [-0.3, -0.25) is 0 Å². The molecular weight excluding hydrogens is 148 g/mol. The second kappa shape index (κ2) is 5.15. The van der Waals surface area contributed by atoms with Crippen LogP contribution < -0.4 is 0 Å². The molecule has 0 aromatic heterocycles. The van der Waals surface area contributed by atoms with E-state index in [-0.39, 0.29) is 0 Å². The van der Waals surface area contributed by atoms with Gasteiger partial charge < -0.3 is 4.74 Å². The minimum absolute atomic E-state index is 0.407. The summed E-state index contributed by atoms with van der Waals surface area (Å²) in [7, 11) is 1.78. The average molecular weight is 166 g/mol. The van der Waals surface area contributed by atoms with Crippen molar-refractivity contribution in [2.75, 3.05) is 7.11 Å². The Morgan fingerprint density at radius 1 is 1.50 bits per heavy atom. The van der Waals surface area contributed by atoms with E-state index >= 15 is 0 Å². The van der Waals surface area contributed by atoms with Gasteiger partial charge in [-0.15, -0.1) is 0 Å². The molecule has 0 N–H and O–H groups in total. The summed E-state index contributed by atoms with van der Waals surface area (Å²) >= 11 is 0. The lowest BCUT2D eigenvalue weighted by Crippen LogP contribution is -2.07. The van der Waals surface area contributed by atoms with E-state index in [9.17, 15) is 0 Å². The van der Waals surface area contributed by atoms with Crippen LogP contribution in [0, 0.1) is 5.92 Å². The van der Waals surface area contributed by atoms with E-state index in [1.807, 2.05) is 0 Å². The molecule has 0 amide bonds. The van der Waals surface area contributed by atoms with Crippen molar-refractivity contribution in [2.45, 2.75) is 32.3 Å². The van der Waals surface area contributed by atoms with Gasteiger partial charge in [0.25, 0.3) is 0 Å². The van der Waals surface area contributed by atoms with Crippen LogP contribution in [-0.2, 0) is 4.74 Å². The molecule has 0 aromatic rings. The van der Waals surface area contributed by atoms with Crippen LogP contribution >= 0.6 is 0 Å². The first-order chi connectivity index (χ1) is 5.83. The molecule has 0 spiro atoms. The molecule has 0 radical (unpaired) electrons. The third kappa shape index (κ3) is 3.22. The van der Waals surface area contributed by atoms with Crippen molar-refractivity contribution in [3.05, 3.63) is 24.3 Å². The van der Waals surface area contributed by atoms with Gasteiger partial charge in [-0.25, -0.2) is 0 Å². The second-order valence-electron chi connectivity index (χ2n) is 3.43. The highest BCUT2D eigenvalue weighted by Gasteiger charge is 2.07. The maximum absolute atomic E-state index is 5.20. The summed E-state index contributed by atoms with van der Waals surface area (Å²) in [6.07, 6.45) is 12.8. The zero-order valence-electron chi connectivity index (χ0n) is 7.99. The van der Waals surface area contributed by atoms with Crippen LogP contribution in [0.25, 0.3) is 0 Å². The predicted octanol–water partition coefficient (Wildman–Crippen LogP) is 2.93. The van der Waals surface area contributed by atoms with Gasteiger partial charge in [0.1, 0.15) is 0 Å². The zero-order valence-corrected chi connectivity index (χ0v) is 7.99. The highest BCUT2D eigenvalue weighted by atomic mass is 16.5. The number of ether oxygens (including phenoxy) is 1. The van der Waals surface area contributed by atoms with Gasteiger partial charge in [0.15, 0.2) is 0 Å². The number of rotatable bonds is 4. The molecule has 0 saturated carbocycles. The van der Waals surface area contributed by atoms with E-state index < -0.39 is 0 Å². The van der Waals surface area contributed by atoms with Crippen LogP contribution in [0.15, 0.2) is 24.3 Å². The van der Waals surface area contributed by atoms with Crippen LogP contribution in [0.1, 0.15) is 26.2 Å². The summed E-state index contributed by atoms with van der Waals surface area (Å²) in [6, 6.07) is 0. The Labute approximate surface area is 75.1 Å². The molecule has 12 heavy (non-hydrogen) atoms. The molecule has 0 heterocycles. The Kier molecular flexibility index (Phi) is 4.09.